The summed E-state index contributed by atoms with van der Waals surface area (Å²) in [6.07, 6.45) is 0.0171. The molecular weight excluding hydrogens is 320 g/mol. The predicted molar refractivity (Wildman–Crippen MR) is 107 cm³/mol. The summed E-state index contributed by atoms with van der Waals surface area (Å²) in [5.74, 6) is 0. The molecule has 2 atom stereocenters. The van der Waals surface area contributed by atoms with Gasteiger partial charge in [-0.05, 0) is 26.5 Å². The summed E-state index contributed by atoms with van der Waals surface area (Å²) < 4.78 is 7.09. The number of hydrogen-bond donors (Lipinski definition) is 0. The fourth-order valence-electron chi connectivity index (χ4n) is 4.14. The molecule has 0 fully saturated rings. The standard InChI is InChI=1S/C23H24OSi/c1-23(2,3)25(19-14-8-5-9-15-19)21-17-11-10-16-20(21)22(24-25)18-12-6-4-7-13-18/h4-17,22H,1-3H3/t22-,25+/m1/s1. The number of hydrogen-bond acceptors (Lipinski definition) is 1. The number of rotatable bonds is 2. The van der Waals surface area contributed by atoms with Crippen molar-refractivity contribution in [3.8, 4) is 0 Å². The summed E-state index contributed by atoms with van der Waals surface area (Å²) in [6.45, 7) is 6.99. The minimum absolute atomic E-state index is 0.0171. The van der Waals surface area contributed by atoms with Crippen molar-refractivity contribution in [1.82, 2.24) is 0 Å². The van der Waals surface area contributed by atoms with Crippen LogP contribution in [0.5, 0.6) is 0 Å². The third kappa shape index (κ3) is 2.48. The summed E-state index contributed by atoms with van der Waals surface area (Å²) >= 11 is 0. The Bertz CT molecular complexity index is 867. The second-order valence-corrected chi connectivity index (χ2v) is 12.0. The Labute approximate surface area is 151 Å². The Balaban J connectivity index is 1.98. The molecule has 3 aromatic rings. The monoisotopic (exact) mass is 344 g/mol. The molecule has 1 nitrogen and oxygen atoms in total. The van der Waals surface area contributed by atoms with Gasteiger partial charge in [0, 0.05) is 0 Å². The van der Waals surface area contributed by atoms with E-state index >= 15 is 0 Å². The van der Waals surface area contributed by atoms with Crippen molar-refractivity contribution in [3.63, 3.8) is 0 Å². The zero-order valence-corrected chi connectivity index (χ0v) is 16.1. The molecule has 0 spiro atoms. The highest BCUT2D eigenvalue weighted by atomic mass is 28.4. The third-order valence-electron chi connectivity index (χ3n) is 5.26. The van der Waals surface area contributed by atoms with Gasteiger partial charge in [0.15, 0.2) is 0 Å². The maximum Gasteiger partial charge on any atom is 0.262 e. The molecule has 0 saturated heterocycles. The molecule has 25 heavy (non-hydrogen) atoms. The largest absolute Gasteiger partial charge is 0.396 e. The van der Waals surface area contributed by atoms with Crippen LogP contribution >= 0.6 is 0 Å². The Morgan fingerprint density at radius 2 is 1.28 bits per heavy atom. The van der Waals surface area contributed by atoms with Gasteiger partial charge in [0.2, 0.25) is 0 Å². The van der Waals surface area contributed by atoms with Crippen molar-refractivity contribution in [2.45, 2.75) is 31.9 Å². The number of fused-ring (bicyclic) bond motifs is 1. The lowest BCUT2D eigenvalue weighted by Crippen LogP contribution is -2.64. The first-order chi connectivity index (χ1) is 12.0. The minimum atomic E-state index is -2.38. The van der Waals surface area contributed by atoms with E-state index in [1.807, 2.05) is 0 Å². The summed E-state index contributed by atoms with van der Waals surface area (Å²) in [4.78, 5) is 0. The van der Waals surface area contributed by atoms with Gasteiger partial charge in [0.25, 0.3) is 8.32 Å². The Morgan fingerprint density at radius 3 is 1.92 bits per heavy atom. The Hall–Kier alpha value is -2.16. The maximum absolute atomic E-state index is 7.09. The van der Waals surface area contributed by atoms with E-state index < -0.39 is 8.32 Å². The van der Waals surface area contributed by atoms with Crippen molar-refractivity contribution in [1.29, 1.82) is 0 Å². The van der Waals surface area contributed by atoms with Crippen LogP contribution in [0.25, 0.3) is 0 Å². The van der Waals surface area contributed by atoms with Gasteiger partial charge < -0.3 is 4.43 Å². The fourth-order valence-corrected chi connectivity index (χ4v) is 8.97. The second kappa shape index (κ2) is 5.97. The van der Waals surface area contributed by atoms with E-state index in [1.54, 1.807) is 0 Å². The van der Waals surface area contributed by atoms with Gasteiger partial charge in [-0.1, -0.05) is 106 Å². The van der Waals surface area contributed by atoms with Crippen molar-refractivity contribution in [3.05, 3.63) is 96.1 Å². The van der Waals surface area contributed by atoms with Crippen LogP contribution in [0.3, 0.4) is 0 Å². The molecule has 1 aliphatic rings. The summed E-state index contributed by atoms with van der Waals surface area (Å²) in [6, 6.07) is 30.3. The maximum atomic E-state index is 7.09. The molecule has 0 aliphatic carbocycles. The van der Waals surface area contributed by atoms with Gasteiger partial charge in [-0.2, -0.15) is 0 Å². The van der Waals surface area contributed by atoms with Crippen molar-refractivity contribution >= 4 is 18.7 Å². The average Bonchev–Trinajstić information content (AvgIpc) is 3.00. The summed E-state index contributed by atoms with van der Waals surface area (Å²) in [5, 5.41) is 2.82. The molecule has 1 aliphatic heterocycles. The summed E-state index contributed by atoms with van der Waals surface area (Å²) in [5.41, 5.74) is 2.57. The van der Waals surface area contributed by atoms with Crippen molar-refractivity contribution in [2.24, 2.45) is 0 Å². The molecule has 4 rings (SSSR count). The lowest BCUT2D eigenvalue weighted by molar-refractivity contribution is 0.246. The first-order valence-electron chi connectivity index (χ1n) is 8.92. The quantitative estimate of drug-likeness (QED) is 0.614. The smallest absolute Gasteiger partial charge is 0.262 e. The first-order valence-corrected chi connectivity index (χ1v) is 10.8. The lowest BCUT2D eigenvalue weighted by Gasteiger charge is -2.40. The molecule has 0 amide bonds. The molecule has 0 N–H and O–H groups in total. The van der Waals surface area contributed by atoms with E-state index in [-0.39, 0.29) is 11.1 Å². The minimum Gasteiger partial charge on any atom is -0.396 e. The zero-order chi connectivity index (χ0) is 17.5. The van der Waals surface area contributed by atoms with Crippen LogP contribution in [0.2, 0.25) is 5.04 Å². The van der Waals surface area contributed by atoms with Gasteiger partial charge >= 0.3 is 0 Å². The molecule has 0 unspecified atom stereocenters. The van der Waals surface area contributed by atoms with Gasteiger partial charge in [-0.25, -0.2) is 0 Å². The van der Waals surface area contributed by atoms with Gasteiger partial charge in [0.05, 0.1) is 6.10 Å². The SMILES string of the molecule is CC(C)(C)[Si@@]1(c2ccccc2)O[C@H](c2ccccc2)c2ccccc21. The first kappa shape index (κ1) is 16.3. The van der Waals surface area contributed by atoms with Gasteiger partial charge in [-0.15, -0.1) is 0 Å². The van der Waals surface area contributed by atoms with E-state index in [1.165, 1.54) is 21.5 Å². The highest BCUT2D eigenvalue weighted by Crippen LogP contribution is 2.46. The zero-order valence-electron chi connectivity index (χ0n) is 15.1. The van der Waals surface area contributed by atoms with Crippen LogP contribution in [0.15, 0.2) is 84.9 Å². The van der Waals surface area contributed by atoms with Crippen LogP contribution in [-0.4, -0.2) is 8.32 Å². The third-order valence-corrected chi connectivity index (χ3v) is 10.3. The Morgan fingerprint density at radius 1 is 0.720 bits per heavy atom. The van der Waals surface area contributed by atoms with Crippen molar-refractivity contribution < 1.29 is 4.43 Å². The van der Waals surface area contributed by atoms with Gasteiger partial charge in [0.1, 0.15) is 0 Å². The molecule has 0 saturated carbocycles. The van der Waals surface area contributed by atoms with Crippen LogP contribution in [0, 0.1) is 0 Å². The fraction of sp³-hybridized carbons (Fsp3) is 0.217. The average molecular weight is 345 g/mol. The van der Waals surface area contributed by atoms with Crippen LogP contribution < -0.4 is 10.4 Å². The molecule has 0 bridgehead atoms. The van der Waals surface area contributed by atoms with Crippen LogP contribution in [0.1, 0.15) is 38.0 Å². The van der Waals surface area contributed by atoms with E-state index in [4.69, 9.17) is 4.43 Å². The van der Waals surface area contributed by atoms with Crippen LogP contribution in [-0.2, 0) is 4.43 Å². The summed E-state index contributed by atoms with van der Waals surface area (Å²) in [7, 11) is -2.38. The molecule has 1 heterocycles. The second-order valence-electron chi connectivity index (χ2n) is 7.79. The normalized spacial score (nSPS) is 22.6. The lowest BCUT2D eigenvalue weighted by atomic mass is 10.0. The molecule has 126 valence electrons. The highest BCUT2D eigenvalue weighted by molar-refractivity contribution is 7.00. The van der Waals surface area contributed by atoms with E-state index in [9.17, 15) is 0 Å². The number of benzene rings is 3. The van der Waals surface area contributed by atoms with E-state index in [0.717, 1.165) is 0 Å². The van der Waals surface area contributed by atoms with Crippen LogP contribution in [0.4, 0.5) is 0 Å². The van der Waals surface area contributed by atoms with Crippen molar-refractivity contribution in [2.75, 3.05) is 0 Å². The molecule has 2 heteroatoms. The van der Waals surface area contributed by atoms with E-state index in [2.05, 4.69) is 106 Å². The topological polar surface area (TPSA) is 9.23 Å². The van der Waals surface area contributed by atoms with E-state index in [0.29, 0.717) is 0 Å². The molecule has 3 aromatic carbocycles. The predicted octanol–water partition coefficient (Wildman–Crippen LogP) is 4.67. The molecule has 0 aromatic heterocycles. The Kier molecular flexibility index (Phi) is 3.90. The highest BCUT2D eigenvalue weighted by Gasteiger charge is 2.56. The molecular formula is C23H24OSi. The molecule has 0 radical (unpaired) electrons. The van der Waals surface area contributed by atoms with Gasteiger partial charge in [-0.3, -0.25) is 0 Å².